The van der Waals surface area contributed by atoms with Crippen LogP contribution in [0.15, 0.2) is 72.1 Å². The second-order valence-corrected chi connectivity index (χ2v) is 8.34. The minimum Gasteiger partial charge on any atom is -0.486 e. The van der Waals surface area contributed by atoms with Crippen molar-refractivity contribution in [2.75, 3.05) is 23.8 Å². The fraction of sp³-hybridized carbons (Fsp3) is 0.200. The molecule has 0 bridgehead atoms. The van der Waals surface area contributed by atoms with Crippen molar-refractivity contribution in [3.8, 4) is 5.75 Å². The molecule has 5 rings (SSSR count). The summed E-state index contributed by atoms with van der Waals surface area (Å²) in [6.07, 6.45) is 4.04. The zero-order valence-corrected chi connectivity index (χ0v) is 19.6. The number of ether oxygens (including phenoxy) is 2. The number of rotatable bonds is 8. The molecule has 3 heterocycles. The zero-order chi connectivity index (χ0) is 24.0. The van der Waals surface area contributed by atoms with E-state index in [9.17, 15) is 0 Å². The van der Waals surface area contributed by atoms with E-state index in [1.807, 2.05) is 48.5 Å². The van der Waals surface area contributed by atoms with Crippen LogP contribution < -0.4 is 21.1 Å². The van der Waals surface area contributed by atoms with Gasteiger partial charge in [-0.3, -0.25) is 4.98 Å². The summed E-state index contributed by atoms with van der Waals surface area (Å²) in [5.41, 5.74) is 8.83. The van der Waals surface area contributed by atoms with Gasteiger partial charge in [-0.15, -0.1) is 0 Å². The van der Waals surface area contributed by atoms with Gasteiger partial charge in [-0.1, -0.05) is 17.7 Å². The normalized spacial score (nSPS) is 14.9. The van der Waals surface area contributed by atoms with Gasteiger partial charge in [0, 0.05) is 23.0 Å². The van der Waals surface area contributed by atoms with Crippen LogP contribution in [0, 0.1) is 0 Å². The van der Waals surface area contributed by atoms with Crippen LogP contribution in [0.1, 0.15) is 12.1 Å². The van der Waals surface area contributed by atoms with Gasteiger partial charge in [0.15, 0.2) is 0 Å². The first-order chi connectivity index (χ1) is 17.2. The van der Waals surface area contributed by atoms with Crippen LogP contribution in [-0.4, -0.2) is 40.2 Å². The SMILES string of the molecule is NCCC1COC(Nc2ccc3ncnc(Nc4ccc(OCc5ccccn5)c(Cl)c4)c3c2)=N1. The molecule has 0 radical (unpaired) electrons. The second kappa shape index (κ2) is 10.5. The first-order valence-electron chi connectivity index (χ1n) is 11.2. The molecule has 0 saturated heterocycles. The molecule has 35 heavy (non-hydrogen) atoms. The lowest BCUT2D eigenvalue weighted by Gasteiger charge is -2.12. The molecular formula is C25H24ClN7O2. The van der Waals surface area contributed by atoms with Crippen LogP contribution in [0.5, 0.6) is 5.75 Å². The van der Waals surface area contributed by atoms with Crippen molar-refractivity contribution < 1.29 is 9.47 Å². The summed E-state index contributed by atoms with van der Waals surface area (Å²) in [7, 11) is 0. The van der Waals surface area contributed by atoms with E-state index in [1.54, 1.807) is 12.3 Å². The van der Waals surface area contributed by atoms with Crippen LogP contribution in [-0.2, 0) is 11.3 Å². The third-order valence-corrected chi connectivity index (χ3v) is 5.69. The van der Waals surface area contributed by atoms with Gasteiger partial charge in [-0.2, -0.15) is 0 Å². The number of pyridine rings is 1. The summed E-state index contributed by atoms with van der Waals surface area (Å²) in [5.74, 6) is 1.22. The van der Waals surface area contributed by atoms with Crippen LogP contribution in [0.25, 0.3) is 10.9 Å². The van der Waals surface area contributed by atoms with Crippen molar-refractivity contribution in [3.63, 3.8) is 0 Å². The Balaban J connectivity index is 1.32. The number of nitrogens with two attached hydrogens (primary N) is 1. The molecule has 10 heteroatoms. The van der Waals surface area contributed by atoms with Crippen molar-refractivity contribution in [1.29, 1.82) is 0 Å². The van der Waals surface area contributed by atoms with Gasteiger partial charge >= 0.3 is 0 Å². The Morgan fingerprint density at radius 1 is 1.03 bits per heavy atom. The summed E-state index contributed by atoms with van der Waals surface area (Å²) in [4.78, 5) is 17.6. The lowest BCUT2D eigenvalue weighted by molar-refractivity contribution is 0.301. The van der Waals surface area contributed by atoms with Crippen LogP contribution >= 0.6 is 11.6 Å². The van der Waals surface area contributed by atoms with E-state index in [-0.39, 0.29) is 6.04 Å². The highest BCUT2D eigenvalue weighted by molar-refractivity contribution is 6.32. The largest absolute Gasteiger partial charge is 0.486 e. The number of halogens is 1. The molecule has 0 spiro atoms. The number of amidine groups is 1. The Labute approximate surface area is 207 Å². The minimum absolute atomic E-state index is 0.0872. The summed E-state index contributed by atoms with van der Waals surface area (Å²) in [5, 5.41) is 7.86. The molecule has 0 fully saturated rings. The van der Waals surface area contributed by atoms with Crippen molar-refractivity contribution in [1.82, 2.24) is 15.0 Å². The van der Waals surface area contributed by atoms with Gasteiger partial charge in [0.2, 0.25) is 0 Å². The molecule has 2 aromatic heterocycles. The number of benzene rings is 2. The molecule has 4 N–H and O–H groups in total. The van der Waals surface area contributed by atoms with Gasteiger partial charge in [0.1, 0.15) is 31.1 Å². The predicted molar refractivity (Wildman–Crippen MR) is 137 cm³/mol. The highest BCUT2D eigenvalue weighted by Crippen LogP contribution is 2.31. The molecule has 178 valence electrons. The lowest BCUT2D eigenvalue weighted by atomic mass is 10.2. The van der Waals surface area contributed by atoms with E-state index < -0.39 is 0 Å². The summed E-state index contributed by atoms with van der Waals surface area (Å²) in [6, 6.07) is 17.5. The third-order valence-electron chi connectivity index (χ3n) is 5.40. The van der Waals surface area contributed by atoms with Gasteiger partial charge in [0.05, 0.1) is 22.3 Å². The Bertz CT molecular complexity index is 1350. The average molecular weight is 490 g/mol. The van der Waals surface area contributed by atoms with Crippen molar-refractivity contribution >= 4 is 45.7 Å². The zero-order valence-electron chi connectivity index (χ0n) is 18.8. The van der Waals surface area contributed by atoms with Crippen LogP contribution in [0.3, 0.4) is 0 Å². The molecule has 1 aliphatic heterocycles. The van der Waals surface area contributed by atoms with Gasteiger partial charge in [0.25, 0.3) is 6.02 Å². The Kier molecular flexibility index (Phi) is 6.87. The number of anilines is 3. The minimum atomic E-state index is 0.0872. The van der Waals surface area contributed by atoms with Gasteiger partial charge < -0.3 is 25.8 Å². The molecule has 1 aliphatic rings. The molecule has 2 aromatic carbocycles. The molecule has 9 nitrogen and oxygen atoms in total. The molecule has 1 atom stereocenters. The number of aromatic nitrogens is 3. The Hall–Kier alpha value is -3.95. The standard InChI is InChI=1S/C25H24ClN7O2/c26-21-12-17(5-7-23(21)34-13-18-3-1-2-10-28-18)31-24-20-11-16(4-6-22(20)29-15-30-24)32-25-33-19(8-9-27)14-35-25/h1-7,10-12,15,19H,8-9,13-14,27H2,(H,32,33)(H,29,30,31). The Morgan fingerprint density at radius 3 is 2.74 bits per heavy atom. The van der Waals surface area contributed by atoms with E-state index in [1.165, 1.54) is 6.33 Å². The molecule has 0 aliphatic carbocycles. The average Bonchev–Trinajstić information content (AvgIpc) is 3.31. The van der Waals surface area contributed by atoms with Crippen LogP contribution in [0.4, 0.5) is 17.2 Å². The molecule has 0 saturated carbocycles. The highest BCUT2D eigenvalue weighted by atomic mass is 35.5. The van der Waals surface area contributed by atoms with Crippen molar-refractivity contribution in [3.05, 3.63) is 77.8 Å². The predicted octanol–water partition coefficient (Wildman–Crippen LogP) is 4.52. The van der Waals surface area contributed by atoms with E-state index in [4.69, 9.17) is 26.8 Å². The maximum absolute atomic E-state index is 6.47. The van der Waals surface area contributed by atoms with Crippen LogP contribution in [0.2, 0.25) is 5.02 Å². The van der Waals surface area contributed by atoms with Crippen molar-refractivity contribution in [2.45, 2.75) is 19.1 Å². The van der Waals surface area contributed by atoms with Gasteiger partial charge in [-0.05, 0) is 61.5 Å². The Morgan fingerprint density at radius 2 is 1.91 bits per heavy atom. The maximum Gasteiger partial charge on any atom is 0.289 e. The van der Waals surface area contributed by atoms with E-state index in [2.05, 4.69) is 30.6 Å². The summed E-state index contributed by atoms with van der Waals surface area (Å²) >= 11 is 6.47. The highest BCUT2D eigenvalue weighted by Gasteiger charge is 2.18. The monoisotopic (exact) mass is 489 g/mol. The fourth-order valence-electron chi connectivity index (χ4n) is 3.65. The summed E-state index contributed by atoms with van der Waals surface area (Å²) in [6.45, 7) is 1.45. The quantitative estimate of drug-likeness (QED) is 0.330. The number of nitrogens with one attached hydrogen (secondary N) is 2. The number of aliphatic imine (C=N–C) groups is 1. The molecular weight excluding hydrogens is 466 g/mol. The first kappa shape index (κ1) is 22.8. The number of hydrogen-bond donors (Lipinski definition) is 3. The molecule has 0 amide bonds. The number of nitrogens with zero attached hydrogens (tertiary/aromatic N) is 4. The first-order valence-corrected chi connectivity index (χ1v) is 11.6. The topological polar surface area (TPSA) is 120 Å². The van der Waals surface area contributed by atoms with Gasteiger partial charge in [-0.25, -0.2) is 15.0 Å². The summed E-state index contributed by atoms with van der Waals surface area (Å²) < 4.78 is 11.5. The fourth-order valence-corrected chi connectivity index (χ4v) is 3.88. The van der Waals surface area contributed by atoms with E-state index in [0.29, 0.717) is 42.4 Å². The molecule has 1 unspecified atom stereocenters. The number of fused-ring (bicyclic) bond motifs is 1. The lowest BCUT2D eigenvalue weighted by Crippen LogP contribution is -2.13. The maximum atomic E-state index is 6.47. The van der Waals surface area contributed by atoms with Crippen molar-refractivity contribution in [2.24, 2.45) is 10.7 Å². The van der Waals surface area contributed by atoms with E-state index >= 15 is 0 Å². The smallest absolute Gasteiger partial charge is 0.289 e. The number of hydrogen-bond acceptors (Lipinski definition) is 9. The second-order valence-electron chi connectivity index (χ2n) is 7.94. The third kappa shape index (κ3) is 5.59. The van der Waals surface area contributed by atoms with E-state index in [0.717, 1.165) is 34.4 Å². The molecule has 4 aromatic rings.